The average molecular weight is 245 g/mol. The van der Waals surface area contributed by atoms with Gasteiger partial charge in [-0.05, 0) is 0 Å². The third kappa shape index (κ3) is 6.95. The van der Waals surface area contributed by atoms with Gasteiger partial charge in [0.05, 0.1) is 13.2 Å². The number of nitrogens with zero attached hydrogens (tertiary/aromatic N) is 2. The molecule has 0 spiro atoms. The van der Waals surface area contributed by atoms with Crippen LogP contribution in [0.4, 0.5) is 0 Å². The summed E-state index contributed by atoms with van der Waals surface area (Å²) in [5.41, 5.74) is 0. The molecule has 0 atom stereocenters. The Morgan fingerprint density at radius 1 is 1.00 bits per heavy atom. The lowest BCUT2D eigenvalue weighted by atomic mass is 10.3. The monoisotopic (exact) mass is 245 g/mol. The smallest absolute Gasteiger partial charge is 0.0589 e. The molecule has 0 unspecified atom stereocenters. The van der Waals surface area contributed by atoms with E-state index in [0.29, 0.717) is 0 Å². The summed E-state index contributed by atoms with van der Waals surface area (Å²) in [6, 6.07) is 0. The van der Waals surface area contributed by atoms with Crippen LogP contribution in [0.5, 0.6) is 0 Å². The van der Waals surface area contributed by atoms with E-state index in [-0.39, 0.29) is 0 Å². The van der Waals surface area contributed by atoms with Crippen molar-refractivity contribution in [3.8, 4) is 0 Å². The predicted molar refractivity (Wildman–Crippen MR) is 69.5 cm³/mol. The van der Waals surface area contributed by atoms with Gasteiger partial charge in [-0.15, -0.1) is 0 Å². The Balaban J connectivity index is 2.16. The normalized spacial score (nSPS) is 17.8. The Morgan fingerprint density at radius 2 is 1.59 bits per heavy atom. The van der Waals surface area contributed by atoms with Crippen molar-refractivity contribution in [3.63, 3.8) is 0 Å². The second-order valence-corrected chi connectivity index (χ2v) is 4.42. The molecule has 0 aromatic carbocycles. The van der Waals surface area contributed by atoms with Crippen LogP contribution < -0.4 is 5.32 Å². The first kappa shape index (κ1) is 14.9. The number of nitrogens with one attached hydrogen (secondary N) is 1. The molecule has 1 N–H and O–H groups in total. The lowest BCUT2D eigenvalue weighted by molar-refractivity contribution is 0.103. The Hall–Kier alpha value is -0.200. The Bertz CT molecular complexity index is 167. The maximum atomic E-state index is 5.14. The molecule has 17 heavy (non-hydrogen) atoms. The van der Waals surface area contributed by atoms with Crippen LogP contribution >= 0.6 is 0 Å². The fraction of sp³-hybridized carbons (Fsp3) is 1.00. The van der Waals surface area contributed by atoms with Crippen molar-refractivity contribution in [2.24, 2.45) is 0 Å². The number of rotatable bonds is 9. The summed E-state index contributed by atoms with van der Waals surface area (Å²) in [5.74, 6) is 0. The van der Waals surface area contributed by atoms with Gasteiger partial charge in [0.1, 0.15) is 0 Å². The van der Waals surface area contributed by atoms with Crippen LogP contribution in [0.15, 0.2) is 0 Å². The molecule has 5 nitrogen and oxygen atoms in total. The first-order valence-corrected chi connectivity index (χ1v) is 6.50. The maximum absolute atomic E-state index is 5.14. The number of piperazine rings is 1. The summed E-state index contributed by atoms with van der Waals surface area (Å²) in [6.45, 7) is 10.4. The van der Waals surface area contributed by atoms with Crippen molar-refractivity contribution < 1.29 is 9.47 Å². The van der Waals surface area contributed by atoms with Crippen molar-refractivity contribution in [2.75, 3.05) is 79.8 Å². The third-order valence-electron chi connectivity index (χ3n) is 3.17. The molecule has 0 radical (unpaired) electrons. The SMILES string of the molecule is COCCN(CCOC)CCN1CCNCC1. The fourth-order valence-corrected chi connectivity index (χ4v) is 1.99. The lowest BCUT2D eigenvalue weighted by Gasteiger charge is -2.30. The minimum atomic E-state index is 0.797. The lowest BCUT2D eigenvalue weighted by Crippen LogP contribution is -2.46. The van der Waals surface area contributed by atoms with Gasteiger partial charge >= 0.3 is 0 Å². The largest absolute Gasteiger partial charge is 0.383 e. The van der Waals surface area contributed by atoms with Crippen LogP contribution in [0.25, 0.3) is 0 Å². The Labute approximate surface area is 105 Å². The van der Waals surface area contributed by atoms with E-state index in [0.717, 1.165) is 52.5 Å². The highest BCUT2D eigenvalue weighted by molar-refractivity contribution is 4.69. The van der Waals surface area contributed by atoms with Crippen LogP contribution in [0.1, 0.15) is 0 Å². The van der Waals surface area contributed by atoms with E-state index < -0.39 is 0 Å². The molecule has 0 saturated carbocycles. The van der Waals surface area contributed by atoms with Gasteiger partial charge in [-0.3, -0.25) is 9.80 Å². The molecule has 1 rings (SSSR count). The quantitative estimate of drug-likeness (QED) is 0.592. The molecule has 1 aliphatic heterocycles. The predicted octanol–water partition coefficient (Wildman–Crippen LogP) is -0.514. The van der Waals surface area contributed by atoms with Crippen molar-refractivity contribution in [3.05, 3.63) is 0 Å². The molecule has 1 fully saturated rings. The second-order valence-electron chi connectivity index (χ2n) is 4.42. The van der Waals surface area contributed by atoms with Gasteiger partial charge in [-0.1, -0.05) is 0 Å². The Morgan fingerprint density at radius 3 is 2.12 bits per heavy atom. The minimum absolute atomic E-state index is 0.797. The van der Waals surface area contributed by atoms with Gasteiger partial charge < -0.3 is 14.8 Å². The molecular weight excluding hydrogens is 218 g/mol. The van der Waals surface area contributed by atoms with E-state index in [1.54, 1.807) is 14.2 Å². The van der Waals surface area contributed by atoms with Crippen LogP contribution in [0.2, 0.25) is 0 Å². The molecule has 1 aliphatic rings. The van der Waals surface area contributed by atoms with E-state index in [2.05, 4.69) is 15.1 Å². The molecule has 1 heterocycles. The van der Waals surface area contributed by atoms with Gasteiger partial charge in [0.2, 0.25) is 0 Å². The topological polar surface area (TPSA) is 37.0 Å². The number of hydrogen-bond acceptors (Lipinski definition) is 5. The highest BCUT2D eigenvalue weighted by Crippen LogP contribution is 1.95. The molecular formula is C12H27N3O2. The molecule has 0 aromatic rings. The van der Waals surface area contributed by atoms with Crippen LogP contribution in [0, 0.1) is 0 Å². The van der Waals surface area contributed by atoms with Crippen molar-refractivity contribution >= 4 is 0 Å². The highest BCUT2D eigenvalue weighted by Gasteiger charge is 2.11. The summed E-state index contributed by atoms with van der Waals surface area (Å²) in [6.07, 6.45) is 0. The Kier molecular flexibility index (Phi) is 8.56. The number of methoxy groups -OCH3 is 2. The van der Waals surface area contributed by atoms with E-state index >= 15 is 0 Å². The van der Waals surface area contributed by atoms with E-state index in [1.165, 1.54) is 13.1 Å². The van der Waals surface area contributed by atoms with Crippen LogP contribution in [-0.2, 0) is 9.47 Å². The molecule has 0 aromatic heterocycles. The first-order valence-electron chi connectivity index (χ1n) is 6.50. The van der Waals surface area contributed by atoms with Gasteiger partial charge in [-0.25, -0.2) is 0 Å². The number of hydrogen-bond donors (Lipinski definition) is 1. The zero-order chi connectivity index (χ0) is 12.3. The van der Waals surface area contributed by atoms with Crippen molar-refractivity contribution in [1.29, 1.82) is 0 Å². The average Bonchev–Trinajstić information content (AvgIpc) is 2.39. The van der Waals surface area contributed by atoms with Gasteiger partial charge in [0.25, 0.3) is 0 Å². The molecule has 5 heteroatoms. The second kappa shape index (κ2) is 9.79. The highest BCUT2D eigenvalue weighted by atomic mass is 16.5. The van der Waals surface area contributed by atoms with Gasteiger partial charge in [0.15, 0.2) is 0 Å². The molecule has 0 bridgehead atoms. The zero-order valence-electron chi connectivity index (χ0n) is 11.3. The summed E-state index contributed by atoms with van der Waals surface area (Å²) < 4.78 is 10.3. The van der Waals surface area contributed by atoms with Crippen molar-refractivity contribution in [2.45, 2.75) is 0 Å². The summed E-state index contributed by atoms with van der Waals surface area (Å²) >= 11 is 0. The summed E-state index contributed by atoms with van der Waals surface area (Å²) in [4.78, 5) is 4.93. The molecule has 1 saturated heterocycles. The zero-order valence-corrected chi connectivity index (χ0v) is 11.3. The fourth-order valence-electron chi connectivity index (χ4n) is 1.99. The summed E-state index contributed by atoms with van der Waals surface area (Å²) in [7, 11) is 3.51. The maximum Gasteiger partial charge on any atom is 0.0589 e. The minimum Gasteiger partial charge on any atom is -0.383 e. The summed E-state index contributed by atoms with van der Waals surface area (Å²) in [5, 5.41) is 3.38. The first-order chi connectivity index (χ1) is 8.36. The van der Waals surface area contributed by atoms with E-state index in [1.807, 2.05) is 0 Å². The third-order valence-corrected chi connectivity index (χ3v) is 3.17. The van der Waals surface area contributed by atoms with E-state index in [4.69, 9.17) is 9.47 Å². The van der Waals surface area contributed by atoms with E-state index in [9.17, 15) is 0 Å². The number of ether oxygens (including phenoxy) is 2. The molecule has 0 amide bonds. The van der Waals surface area contributed by atoms with Gasteiger partial charge in [-0.2, -0.15) is 0 Å². The van der Waals surface area contributed by atoms with Crippen LogP contribution in [0.3, 0.4) is 0 Å². The molecule has 0 aliphatic carbocycles. The standard InChI is InChI=1S/C12H27N3O2/c1-16-11-9-15(10-12-17-2)8-7-14-5-3-13-4-6-14/h13H,3-12H2,1-2H3. The molecule has 102 valence electrons. The van der Waals surface area contributed by atoms with Crippen LogP contribution in [-0.4, -0.2) is 89.6 Å². The van der Waals surface area contributed by atoms with Crippen molar-refractivity contribution in [1.82, 2.24) is 15.1 Å². The van der Waals surface area contributed by atoms with Gasteiger partial charge in [0, 0.05) is 66.6 Å².